The van der Waals surface area contributed by atoms with Crippen molar-refractivity contribution in [3.8, 4) is 5.75 Å². The number of hydrogen-bond donors (Lipinski definition) is 3. The number of nitro groups is 1. The van der Waals surface area contributed by atoms with Gasteiger partial charge in [0.05, 0.1) is 26.8 Å². The summed E-state index contributed by atoms with van der Waals surface area (Å²) >= 11 is 1.35. The van der Waals surface area contributed by atoms with Gasteiger partial charge in [-0.3, -0.25) is 30.0 Å². The van der Waals surface area contributed by atoms with Crippen LogP contribution in [-0.4, -0.2) is 84.8 Å². The van der Waals surface area contributed by atoms with Gasteiger partial charge in [0.15, 0.2) is 5.13 Å². The number of thiazole rings is 1. The van der Waals surface area contributed by atoms with Crippen molar-refractivity contribution in [3.05, 3.63) is 136 Å². The molecule has 3 aromatic heterocycles. The molecule has 0 bridgehead atoms. The monoisotopic (exact) mass is 821 g/mol. The van der Waals surface area contributed by atoms with Crippen LogP contribution in [0.4, 0.5) is 22.3 Å². The molecule has 58 heavy (non-hydrogen) atoms. The summed E-state index contributed by atoms with van der Waals surface area (Å²) in [5.74, 6) is -0.295. The van der Waals surface area contributed by atoms with Crippen LogP contribution in [0.15, 0.2) is 108 Å². The molecule has 0 spiro atoms. The molecule has 0 unspecified atom stereocenters. The van der Waals surface area contributed by atoms with Crippen molar-refractivity contribution in [1.82, 2.24) is 24.6 Å². The number of rotatable bonds is 15. The number of nitrogens with zero attached hydrogens (tertiary/aromatic N) is 6. The van der Waals surface area contributed by atoms with Crippen LogP contribution >= 0.6 is 11.3 Å². The number of carbonyl (C=O) groups excluding carboxylic acids is 2. The highest BCUT2D eigenvalue weighted by atomic mass is 32.2. The van der Waals surface area contributed by atoms with E-state index in [-0.39, 0.29) is 29.9 Å². The summed E-state index contributed by atoms with van der Waals surface area (Å²) in [6, 6.07) is 24.2. The molecule has 0 fully saturated rings. The van der Waals surface area contributed by atoms with E-state index in [1.807, 2.05) is 65.0 Å². The molecule has 1 aliphatic rings. The number of pyridine rings is 2. The molecule has 0 saturated carbocycles. The Hall–Kier alpha value is -6.50. The maximum atomic E-state index is 13.5. The van der Waals surface area contributed by atoms with Crippen LogP contribution in [0.25, 0.3) is 10.2 Å². The van der Waals surface area contributed by atoms with Crippen LogP contribution in [0.5, 0.6) is 5.75 Å². The molecular weight excluding hydrogens is 783 g/mol. The number of anilines is 3. The minimum absolute atomic E-state index is 0.100. The first kappa shape index (κ1) is 39.7. The van der Waals surface area contributed by atoms with Gasteiger partial charge in [-0.25, -0.2) is 23.1 Å². The number of fused-ring (bicyclic) bond motifs is 2. The number of hydrogen-bond acceptors (Lipinski definition) is 14. The Bertz CT molecular complexity index is 2550. The average molecular weight is 822 g/mol. The van der Waals surface area contributed by atoms with Gasteiger partial charge in [0.25, 0.3) is 27.5 Å². The first-order chi connectivity index (χ1) is 27.9. The van der Waals surface area contributed by atoms with Crippen LogP contribution in [0, 0.1) is 10.1 Å². The fraction of sp³-hybridized carbons (Fsp3) is 0.225. The zero-order chi connectivity index (χ0) is 40.8. The second kappa shape index (κ2) is 17.3. The first-order valence-corrected chi connectivity index (χ1v) is 20.5. The maximum absolute atomic E-state index is 13.5. The second-order valence-corrected chi connectivity index (χ2v) is 16.5. The molecule has 0 radical (unpaired) electrons. The number of nitro benzene ring substituents is 1. The second-order valence-electron chi connectivity index (χ2n) is 13.7. The van der Waals surface area contributed by atoms with Crippen molar-refractivity contribution in [2.45, 2.75) is 30.3 Å². The summed E-state index contributed by atoms with van der Waals surface area (Å²) in [4.78, 5) is 54.9. The van der Waals surface area contributed by atoms with Gasteiger partial charge in [-0.05, 0) is 93.1 Å². The van der Waals surface area contributed by atoms with Crippen LogP contribution in [0.3, 0.4) is 0 Å². The van der Waals surface area contributed by atoms with Crippen molar-refractivity contribution >= 4 is 65.7 Å². The van der Waals surface area contributed by atoms with Gasteiger partial charge in [-0.2, -0.15) is 0 Å². The lowest BCUT2D eigenvalue weighted by atomic mass is 9.94. The number of para-hydroxylation sites is 1. The Kier molecular flexibility index (Phi) is 11.9. The standard InChI is InChI=1S/C40H39N9O7S2/c1-47(2)20-18-27(25-56-28-9-4-3-5-10-28)42-32-15-14-29(22-35(32)49(52)53)58(54,55)46-39(51)33-12-7-13-37(43-33)48-21-17-26-8-6-11-30(31(26)24-48)38(50)45-40-44-34-23-41-19-16-36(34)57-40/h3-16,19,22-23,27,42H,17-18,20-21,24-25H2,1-2H3,(H,46,51)(H,44,45,50)/t27-/m1/s1. The molecule has 16 nitrogen and oxygen atoms in total. The number of aromatic nitrogens is 3. The normalized spacial score (nSPS) is 13.1. The molecular formula is C40H39N9O7S2. The Morgan fingerprint density at radius 3 is 2.59 bits per heavy atom. The fourth-order valence-corrected chi connectivity index (χ4v) is 8.25. The van der Waals surface area contributed by atoms with E-state index in [1.165, 1.54) is 29.5 Å². The van der Waals surface area contributed by atoms with Gasteiger partial charge in [0, 0.05) is 30.9 Å². The van der Waals surface area contributed by atoms with Crippen molar-refractivity contribution in [2.75, 3.05) is 49.3 Å². The summed E-state index contributed by atoms with van der Waals surface area (Å²) in [5, 5.41) is 18.7. The van der Waals surface area contributed by atoms with E-state index in [0.29, 0.717) is 60.3 Å². The SMILES string of the molecule is CN(C)CC[C@H](COc1ccccc1)Nc1ccc(S(=O)(=O)NC(=O)c2cccc(N3CCc4cccc(C(=O)Nc5nc6cnccc6s5)c4C3)n2)cc1[N+](=O)[O-]. The first-order valence-electron chi connectivity index (χ1n) is 18.2. The molecule has 0 aliphatic carbocycles. The van der Waals surface area contributed by atoms with Crippen molar-refractivity contribution < 1.29 is 27.7 Å². The number of sulfonamides is 1. The number of amides is 2. The Balaban J connectivity index is 1.04. The van der Waals surface area contributed by atoms with E-state index in [0.717, 1.165) is 21.9 Å². The zero-order valence-corrected chi connectivity index (χ0v) is 33.1. The van der Waals surface area contributed by atoms with Gasteiger partial charge in [0.1, 0.15) is 35.1 Å². The summed E-state index contributed by atoms with van der Waals surface area (Å²) in [6.07, 6.45) is 4.47. The lowest BCUT2D eigenvalue weighted by Gasteiger charge is -2.31. The van der Waals surface area contributed by atoms with Crippen LogP contribution in [-0.2, 0) is 23.0 Å². The van der Waals surface area contributed by atoms with Gasteiger partial charge >= 0.3 is 0 Å². The molecule has 3 aromatic carbocycles. The molecule has 0 saturated heterocycles. The molecule has 18 heteroatoms. The summed E-state index contributed by atoms with van der Waals surface area (Å²) < 4.78 is 35.8. The topological polar surface area (TPSA) is 202 Å². The van der Waals surface area contributed by atoms with Gasteiger partial charge in [-0.15, -0.1) is 0 Å². The zero-order valence-electron chi connectivity index (χ0n) is 31.5. The smallest absolute Gasteiger partial charge is 0.293 e. The number of carbonyl (C=O) groups is 2. The van der Waals surface area contributed by atoms with Crippen LogP contribution in [0.1, 0.15) is 38.4 Å². The minimum atomic E-state index is -4.57. The number of benzene rings is 3. The lowest BCUT2D eigenvalue weighted by Crippen LogP contribution is -2.34. The van der Waals surface area contributed by atoms with Crippen molar-refractivity contribution in [2.24, 2.45) is 0 Å². The molecule has 3 N–H and O–H groups in total. The molecule has 1 atom stereocenters. The highest BCUT2D eigenvalue weighted by molar-refractivity contribution is 7.90. The largest absolute Gasteiger partial charge is 0.491 e. The third kappa shape index (κ3) is 9.37. The van der Waals surface area contributed by atoms with Crippen LogP contribution in [0.2, 0.25) is 0 Å². The minimum Gasteiger partial charge on any atom is -0.491 e. The molecule has 1 aliphatic heterocycles. The van der Waals surface area contributed by atoms with Crippen molar-refractivity contribution in [1.29, 1.82) is 0 Å². The van der Waals surface area contributed by atoms with Crippen molar-refractivity contribution in [3.63, 3.8) is 0 Å². The Labute approximate surface area is 338 Å². The summed E-state index contributed by atoms with van der Waals surface area (Å²) in [6.45, 7) is 1.68. The van der Waals surface area contributed by atoms with E-state index in [9.17, 15) is 28.1 Å². The van der Waals surface area contributed by atoms with E-state index in [1.54, 1.807) is 42.7 Å². The predicted molar refractivity (Wildman–Crippen MR) is 221 cm³/mol. The molecule has 298 valence electrons. The number of ether oxygens (including phenoxy) is 1. The Morgan fingerprint density at radius 2 is 1.81 bits per heavy atom. The summed E-state index contributed by atoms with van der Waals surface area (Å²) in [5.41, 5.74) is 2.38. The number of nitrogens with one attached hydrogen (secondary N) is 3. The fourth-order valence-electron chi connectivity index (χ4n) is 6.44. The molecule has 2 amide bonds. The van der Waals surface area contributed by atoms with E-state index in [4.69, 9.17) is 4.74 Å². The molecule has 4 heterocycles. The third-order valence-corrected chi connectivity index (χ3v) is 11.7. The quantitative estimate of drug-likeness (QED) is 0.0837. The van der Waals surface area contributed by atoms with Gasteiger partial charge in [-0.1, -0.05) is 47.7 Å². The third-order valence-electron chi connectivity index (χ3n) is 9.40. The summed E-state index contributed by atoms with van der Waals surface area (Å²) in [7, 11) is -0.753. The Morgan fingerprint density at radius 1 is 1.00 bits per heavy atom. The van der Waals surface area contributed by atoms with Crippen LogP contribution < -0.4 is 25.0 Å². The highest BCUT2D eigenvalue weighted by Crippen LogP contribution is 2.31. The maximum Gasteiger partial charge on any atom is 0.293 e. The van der Waals surface area contributed by atoms with Gasteiger partial charge < -0.3 is 19.9 Å². The average Bonchev–Trinajstić information content (AvgIpc) is 3.64. The highest BCUT2D eigenvalue weighted by Gasteiger charge is 2.27. The van der Waals surface area contributed by atoms with Gasteiger partial charge in [0.2, 0.25) is 0 Å². The predicted octanol–water partition coefficient (Wildman–Crippen LogP) is 5.74. The van der Waals surface area contributed by atoms with E-state index in [2.05, 4.69) is 25.6 Å². The van der Waals surface area contributed by atoms with E-state index >= 15 is 0 Å². The molecule has 7 rings (SSSR count). The lowest BCUT2D eigenvalue weighted by molar-refractivity contribution is -0.384. The van der Waals surface area contributed by atoms with E-state index < -0.39 is 31.4 Å². The molecule has 6 aromatic rings.